The zero-order chi connectivity index (χ0) is 20.6. The van der Waals surface area contributed by atoms with Crippen LogP contribution in [0.5, 0.6) is 0 Å². The van der Waals surface area contributed by atoms with E-state index < -0.39 is 22.6 Å². The van der Waals surface area contributed by atoms with E-state index >= 15 is 0 Å². The third-order valence-corrected chi connectivity index (χ3v) is 7.12. The molecule has 0 atom stereocenters. The average Bonchev–Trinajstić information content (AvgIpc) is 3.05. The molecule has 4 rings (SSSR count). The minimum Gasteiger partial charge on any atom is -0.222 e. The van der Waals surface area contributed by atoms with Crippen molar-refractivity contribution in [2.75, 3.05) is 5.75 Å². The lowest BCUT2D eigenvalue weighted by Gasteiger charge is -2.11. The highest BCUT2D eigenvalue weighted by atomic mass is 32.2. The van der Waals surface area contributed by atoms with Gasteiger partial charge in [-0.15, -0.1) is 0 Å². The first kappa shape index (κ1) is 19.8. The number of hydrogen-bond donors (Lipinski definition) is 0. The molecule has 0 radical (unpaired) electrons. The zero-order valence-corrected chi connectivity index (χ0v) is 16.6. The molecular weight excluding hydrogens is 421 g/mol. The Kier molecular flexibility index (Phi) is 5.04. The molecule has 0 aliphatic rings. The molecule has 4 nitrogen and oxygen atoms in total. The van der Waals surface area contributed by atoms with Gasteiger partial charge in [0.05, 0.1) is 22.3 Å². The number of hydrogen-bond acceptors (Lipinski definition) is 4. The Labute approximate surface area is 169 Å². The van der Waals surface area contributed by atoms with E-state index in [1.54, 1.807) is 42.5 Å². The SMILES string of the molecule is O=S(=O)(c1ccc2ccccc2c1)n1c(SCCC(F)(F)F)nc2ccccc21. The first-order chi connectivity index (χ1) is 13.8. The van der Waals surface area contributed by atoms with Gasteiger partial charge in [-0.3, -0.25) is 0 Å². The van der Waals surface area contributed by atoms with Crippen molar-refractivity contribution in [1.29, 1.82) is 0 Å². The molecule has 1 heterocycles. The number of imidazole rings is 1. The molecule has 29 heavy (non-hydrogen) atoms. The number of fused-ring (bicyclic) bond motifs is 2. The summed E-state index contributed by atoms with van der Waals surface area (Å²) in [5.41, 5.74) is 0.738. The molecule has 3 aromatic carbocycles. The molecule has 0 aliphatic carbocycles. The van der Waals surface area contributed by atoms with Crippen molar-refractivity contribution >= 4 is 43.6 Å². The Morgan fingerprint density at radius 1 is 0.931 bits per heavy atom. The maximum absolute atomic E-state index is 13.4. The lowest BCUT2D eigenvalue weighted by atomic mass is 10.1. The minimum absolute atomic E-state index is 0.0172. The normalized spacial score (nSPS) is 12.7. The van der Waals surface area contributed by atoms with Crippen molar-refractivity contribution in [3.63, 3.8) is 0 Å². The van der Waals surface area contributed by atoms with Crippen molar-refractivity contribution in [2.24, 2.45) is 0 Å². The number of aromatic nitrogens is 2. The Balaban J connectivity index is 1.82. The predicted molar refractivity (Wildman–Crippen MR) is 108 cm³/mol. The van der Waals surface area contributed by atoms with E-state index in [1.807, 2.05) is 18.2 Å². The standard InChI is InChI=1S/C20H15F3N2O2S2/c21-20(22,23)11-12-28-19-24-17-7-3-4-8-18(17)25(19)29(26,27)16-10-9-14-5-1-2-6-15(14)13-16/h1-10,13H,11-12H2. The maximum Gasteiger partial charge on any atom is 0.389 e. The van der Waals surface area contributed by atoms with Crippen LogP contribution >= 0.6 is 11.8 Å². The second-order valence-corrected chi connectivity index (χ2v) is 9.22. The van der Waals surface area contributed by atoms with Crippen molar-refractivity contribution in [3.05, 3.63) is 66.7 Å². The summed E-state index contributed by atoms with van der Waals surface area (Å²) in [6, 6.07) is 18.7. The van der Waals surface area contributed by atoms with Crippen LogP contribution in [0.4, 0.5) is 13.2 Å². The van der Waals surface area contributed by atoms with Crippen LogP contribution in [0.1, 0.15) is 6.42 Å². The van der Waals surface area contributed by atoms with E-state index in [2.05, 4.69) is 4.98 Å². The highest BCUT2D eigenvalue weighted by Crippen LogP contribution is 2.32. The number of para-hydroxylation sites is 2. The maximum atomic E-state index is 13.4. The highest BCUT2D eigenvalue weighted by molar-refractivity contribution is 8.00. The summed E-state index contributed by atoms with van der Waals surface area (Å²) in [5.74, 6) is -0.319. The molecule has 1 aromatic heterocycles. The van der Waals surface area contributed by atoms with Crippen molar-refractivity contribution in [3.8, 4) is 0 Å². The number of thioether (sulfide) groups is 1. The first-order valence-electron chi connectivity index (χ1n) is 8.67. The topological polar surface area (TPSA) is 52.0 Å². The Hall–Kier alpha value is -2.52. The van der Waals surface area contributed by atoms with Crippen LogP contribution in [0.3, 0.4) is 0 Å². The van der Waals surface area contributed by atoms with Gasteiger partial charge in [-0.25, -0.2) is 17.4 Å². The predicted octanol–water partition coefficient (Wildman–Crippen LogP) is 5.47. The van der Waals surface area contributed by atoms with E-state index in [1.165, 1.54) is 6.07 Å². The summed E-state index contributed by atoms with van der Waals surface area (Å²) in [5, 5.41) is 1.66. The van der Waals surface area contributed by atoms with Gasteiger partial charge in [0.15, 0.2) is 5.16 Å². The van der Waals surface area contributed by atoms with Crippen LogP contribution in [0.15, 0.2) is 76.8 Å². The summed E-state index contributed by atoms with van der Waals surface area (Å²) in [6.45, 7) is 0. The van der Waals surface area contributed by atoms with E-state index in [0.717, 1.165) is 26.5 Å². The summed E-state index contributed by atoms with van der Waals surface area (Å²) < 4.78 is 65.5. The Morgan fingerprint density at radius 2 is 1.62 bits per heavy atom. The molecule has 0 saturated carbocycles. The summed E-state index contributed by atoms with van der Waals surface area (Å²) in [4.78, 5) is 4.32. The van der Waals surface area contributed by atoms with Crippen LogP contribution in [-0.4, -0.2) is 29.3 Å². The van der Waals surface area contributed by atoms with E-state index in [9.17, 15) is 21.6 Å². The fourth-order valence-electron chi connectivity index (χ4n) is 3.00. The molecule has 0 amide bonds. The van der Waals surface area contributed by atoms with Crippen LogP contribution in [-0.2, 0) is 10.0 Å². The van der Waals surface area contributed by atoms with Gasteiger partial charge in [0.1, 0.15) is 0 Å². The molecule has 0 saturated heterocycles. The van der Waals surface area contributed by atoms with Crippen molar-refractivity contribution < 1.29 is 21.6 Å². The van der Waals surface area contributed by atoms with Gasteiger partial charge in [0, 0.05) is 5.75 Å². The van der Waals surface area contributed by atoms with Gasteiger partial charge in [-0.2, -0.15) is 13.2 Å². The molecule has 0 unspecified atom stereocenters. The smallest absolute Gasteiger partial charge is 0.222 e. The summed E-state index contributed by atoms with van der Waals surface area (Å²) in [7, 11) is -4.06. The molecule has 0 aliphatic heterocycles. The molecule has 4 aromatic rings. The average molecular weight is 436 g/mol. The van der Waals surface area contributed by atoms with Gasteiger partial charge in [-0.1, -0.05) is 54.2 Å². The number of alkyl halides is 3. The number of nitrogens with zero attached hydrogens (tertiary/aromatic N) is 2. The van der Waals surface area contributed by atoms with Crippen LogP contribution in [0.2, 0.25) is 0 Å². The van der Waals surface area contributed by atoms with Gasteiger partial charge in [0.2, 0.25) is 0 Å². The Morgan fingerprint density at radius 3 is 2.38 bits per heavy atom. The molecular formula is C20H15F3N2O2S2. The highest BCUT2D eigenvalue weighted by Gasteiger charge is 2.29. The van der Waals surface area contributed by atoms with E-state index in [0.29, 0.717) is 11.0 Å². The first-order valence-corrected chi connectivity index (χ1v) is 11.1. The van der Waals surface area contributed by atoms with Gasteiger partial charge in [0.25, 0.3) is 10.0 Å². The lowest BCUT2D eigenvalue weighted by Crippen LogP contribution is -2.15. The van der Waals surface area contributed by atoms with Gasteiger partial charge >= 0.3 is 6.18 Å². The largest absolute Gasteiger partial charge is 0.389 e. The quantitative estimate of drug-likeness (QED) is 0.389. The van der Waals surface area contributed by atoms with Crippen LogP contribution < -0.4 is 0 Å². The van der Waals surface area contributed by atoms with Gasteiger partial charge in [-0.05, 0) is 35.0 Å². The molecule has 0 bridgehead atoms. The summed E-state index contributed by atoms with van der Waals surface area (Å²) in [6.07, 6.45) is -5.35. The molecule has 9 heteroatoms. The second-order valence-electron chi connectivity index (χ2n) is 6.38. The number of benzene rings is 3. The second kappa shape index (κ2) is 7.38. The third-order valence-electron chi connectivity index (χ3n) is 4.37. The molecule has 150 valence electrons. The lowest BCUT2D eigenvalue weighted by molar-refractivity contribution is -0.129. The van der Waals surface area contributed by atoms with Gasteiger partial charge < -0.3 is 0 Å². The van der Waals surface area contributed by atoms with Crippen molar-refractivity contribution in [1.82, 2.24) is 8.96 Å². The van der Waals surface area contributed by atoms with E-state index in [-0.39, 0.29) is 15.8 Å². The summed E-state index contributed by atoms with van der Waals surface area (Å²) >= 11 is 0.778. The monoisotopic (exact) mass is 436 g/mol. The number of halogens is 3. The fraction of sp³-hybridized carbons (Fsp3) is 0.150. The Bertz CT molecular complexity index is 1300. The zero-order valence-electron chi connectivity index (χ0n) is 14.9. The third kappa shape index (κ3) is 3.97. The molecule has 0 spiro atoms. The molecule has 0 N–H and O–H groups in total. The van der Waals surface area contributed by atoms with Crippen LogP contribution in [0, 0.1) is 0 Å². The van der Waals surface area contributed by atoms with E-state index in [4.69, 9.17) is 0 Å². The van der Waals surface area contributed by atoms with Crippen molar-refractivity contribution in [2.45, 2.75) is 22.6 Å². The number of rotatable bonds is 5. The molecule has 0 fully saturated rings. The fourth-order valence-corrected chi connectivity index (χ4v) is 5.73. The minimum atomic E-state index is -4.32. The van der Waals surface area contributed by atoms with Crippen LogP contribution in [0.25, 0.3) is 21.8 Å².